The number of aryl methyl sites for hydroxylation is 3. The fourth-order valence-corrected chi connectivity index (χ4v) is 2.36. The number of carbonyl (C=O) groups excluding carboxylic acids is 2. The number of carbonyl (C=O) groups is 2. The fourth-order valence-electron chi connectivity index (χ4n) is 2.36. The number of nitrogens with one attached hydrogen (secondary N) is 2. The summed E-state index contributed by atoms with van der Waals surface area (Å²) >= 11 is 0. The molecule has 1 aromatic heterocycles. The second-order valence-electron chi connectivity index (χ2n) is 5.54. The van der Waals surface area contributed by atoms with Gasteiger partial charge in [-0.2, -0.15) is 0 Å². The maximum Gasteiger partial charge on any atom is 0.343 e. The lowest BCUT2D eigenvalue weighted by atomic mass is 10.1. The normalized spacial score (nSPS) is 10.3. The van der Waals surface area contributed by atoms with Gasteiger partial charge in [-0.25, -0.2) is 4.79 Å². The van der Waals surface area contributed by atoms with Crippen LogP contribution in [0.2, 0.25) is 0 Å². The first-order valence-corrected chi connectivity index (χ1v) is 7.63. The second kappa shape index (κ2) is 7.12. The van der Waals surface area contributed by atoms with Gasteiger partial charge in [-0.05, 0) is 45.4 Å². The predicted molar refractivity (Wildman–Crippen MR) is 91.6 cm³/mol. The van der Waals surface area contributed by atoms with Crippen LogP contribution in [0, 0.1) is 20.8 Å². The Morgan fingerprint density at radius 2 is 1.83 bits per heavy atom. The molecule has 1 heterocycles. The number of pyridine rings is 1. The van der Waals surface area contributed by atoms with Gasteiger partial charge >= 0.3 is 5.97 Å². The van der Waals surface area contributed by atoms with Gasteiger partial charge in [-0.3, -0.25) is 9.59 Å². The fraction of sp³-hybridized carbons (Fsp3) is 0.278. The molecule has 2 N–H and O–H groups in total. The van der Waals surface area contributed by atoms with Crippen molar-refractivity contribution in [2.45, 2.75) is 27.7 Å². The standard InChI is InChI=1S/C18H20N2O4/c1-5-24-18(23)14-9-13(12(4)19-17(14)22)16(21)20-15-7-6-10(2)8-11(15)3/h6-9H,5H2,1-4H3,(H,19,22)(H,20,21). The smallest absolute Gasteiger partial charge is 0.343 e. The molecule has 0 saturated heterocycles. The van der Waals surface area contributed by atoms with E-state index in [9.17, 15) is 14.4 Å². The summed E-state index contributed by atoms with van der Waals surface area (Å²) in [7, 11) is 0. The zero-order chi connectivity index (χ0) is 17.9. The van der Waals surface area contributed by atoms with Gasteiger partial charge < -0.3 is 15.0 Å². The molecule has 2 aromatic rings. The van der Waals surface area contributed by atoms with E-state index in [1.54, 1.807) is 13.8 Å². The highest BCUT2D eigenvalue weighted by atomic mass is 16.5. The number of rotatable bonds is 4. The molecule has 0 aliphatic heterocycles. The van der Waals surface area contributed by atoms with Crippen LogP contribution >= 0.6 is 0 Å². The van der Waals surface area contributed by atoms with Crippen molar-refractivity contribution < 1.29 is 14.3 Å². The summed E-state index contributed by atoms with van der Waals surface area (Å²) in [6, 6.07) is 6.94. The maximum atomic E-state index is 12.5. The molecule has 6 nitrogen and oxygen atoms in total. The zero-order valence-electron chi connectivity index (χ0n) is 14.1. The first-order valence-electron chi connectivity index (χ1n) is 7.63. The Hall–Kier alpha value is -2.89. The molecule has 0 spiro atoms. The summed E-state index contributed by atoms with van der Waals surface area (Å²) < 4.78 is 4.84. The van der Waals surface area contributed by atoms with Gasteiger partial charge in [-0.1, -0.05) is 17.7 Å². The molecule has 0 bridgehead atoms. The summed E-state index contributed by atoms with van der Waals surface area (Å²) in [5.41, 5.74) is 2.54. The van der Waals surface area contributed by atoms with E-state index in [-0.39, 0.29) is 17.7 Å². The van der Waals surface area contributed by atoms with E-state index in [2.05, 4.69) is 10.3 Å². The highest BCUT2D eigenvalue weighted by Gasteiger charge is 2.18. The molecule has 0 unspecified atom stereocenters. The summed E-state index contributed by atoms with van der Waals surface area (Å²) in [6.45, 7) is 7.26. The average molecular weight is 328 g/mol. The van der Waals surface area contributed by atoms with E-state index in [1.165, 1.54) is 6.07 Å². The van der Waals surface area contributed by atoms with Crippen molar-refractivity contribution in [3.63, 3.8) is 0 Å². The van der Waals surface area contributed by atoms with Crippen LogP contribution in [0.1, 0.15) is 44.5 Å². The minimum Gasteiger partial charge on any atom is -0.462 e. The number of esters is 1. The highest BCUT2D eigenvalue weighted by molar-refractivity contribution is 6.06. The number of aromatic nitrogens is 1. The average Bonchev–Trinajstić information content (AvgIpc) is 2.50. The molecule has 0 fully saturated rings. The van der Waals surface area contributed by atoms with E-state index in [1.807, 2.05) is 32.0 Å². The number of hydrogen-bond acceptors (Lipinski definition) is 4. The maximum absolute atomic E-state index is 12.5. The van der Waals surface area contributed by atoms with Crippen LogP contribution < -0.4 is 10.9 Å². The van der Waals surface area contributed by atoms with E-state index >= 15 is 0 Å². The van der Waals surface area contributed by atoms with Crippen LogP contribution in [0.5, 0.6) is 0 Å². The molecule has 0 atom stereocenters. The molecular formula is C18H20N2O4. The van der Waals surface area contributed by atoms with Crippen molar-refractivity contribution in [1.29, 1.82) is 0 Å². The van der Waals surface area contributed by atoms with Gasteiger partial charge in [0.1, 0.15) is 5.56 Å². The second-order valence-corrected chi connectivity index (χ2v) is 5.54. The number of hydrogen-bond donors (Lipinski definition) is 2. The summed E-state index contributed by atoms with van der Waals surface area (Å²) in [5, 5.41) is 2.80. The largest absolute Gasteiger partial charge is 0.462 e. The van der Waals surface area contributed by atoms with E-state index in [4.69, 9.17) is 4.74 Å². The molecule has 0 aliphatic rings. The monoisotopic (exact) mass is 328 g/mol. The Bertz CT molecular complexity index is 853. The molecule has 2 rings (SSSR count). The van der Waals surface area contributed by atoms with Gasteiger partial charge in [0, 0.05) is 11.4 Å². The lowest BCUT2D eigenvalue weighted by molar-refractivity contribution is 0.0524. The molecule has 6 heteroatoms. The third kappa shape index (κ3) is 3.71. The van der Waals surface area contributed by atoms with Crippen molar-refractivity contribution in [2.75, 3.05) is 11.9 Å². The van der Waals surface area contributed by atoms with Crippen molar-refractivity contribution in [1.82, 2.24) is 4.98 Å². The Balaban J connectivity index is 2.36. The van der Waals surface area contributed by atoms with Crippen molar-refractivity contribution in [3.8, 4) is 0 Å². The number of aromatic amines is 1. The number of benzene rings is 1. The molecule has 126 valence electrons. The van der Waals surface area contributed by atoms with Crippen LogP contribution in [-0.4, -0.2) is 23.5 Å². The quantitative estimate of drug-likeness (QED) is 0.845. The van der Waals surface area contributed by atoms with Gasteiger partial charge in [0.05, 0.1) is 12.2 Å². The molecule has 0 aliphatic carbocycles. The Kier molecular flexibility index (Phi) is 5.18. The van der Waals surface area contributed by atoms with Crippen LogP contribution in [0.3, 0.4) is 0 Å². The summed E-state index contributed by atoms with van der Waals surface area (Å²) in [4.78, 5) is 38.8. The van der Waals surface area contributed by atoms with Crippen LogP contribution in [0.25, 0.3) is 0 Å². The van der Waals surface area contributed by atoms with Gasteiger partial charge in [0.2, 0.25) is 0 Å². The Morgan fingerprint density at radius 1 is 1.12 bits per heavy atom. The minimum atomic E-state index is -0.751. The SMILES string of the molecule is CCOC(=O)c1cc(C(=O)Nc2ccc(C)cc2C)c(C)[nH]c1=O. The van der Waals surface area contributed by atoms with E-state index < -0.39 is 17.4 Å². The number of amides is 1. The van der Waals surface area contributed by atoms with Crippen LogP contribution in [0.15, 0.2) is 29.1 Å². The first kappa shape index (κ1) is 17.5. The Labute approximate surface area is 139 Å². The topological polar surface area (TPSA) is 88.3 Å². The molecule has 1 amide bonds. The van der Waals surface area contributed by atoms with Crippen molar-refractivity contribution in [2.24, 2.45) is 0 Å². The summed E-state index contributed by atoms with van der Waals surface area (Å²) in [5.74, 6) is -1.15. The first-order chi connectivity index (χ1) is 11.3. The molecule has 0 saturated carbocycles. The number of H-pyrrole nitrogens is 1. The minimum absolute atomic E-state index is 0.149. The van der Waals surface area contributed by atoms with Gasteiger partial charge in [0.15, 0.2) is 0 Å². The van der Waals surface area contributed by atoms with Crippen LogP contribution in [0.4, 0.5) is 5.69 Å². The van der Waals surface area contributed by atoms with Gasteiger partial charge in [-0.15, -0.1) is 0 Å². The van der Waals surface area contributed by atoms with Crippen LogP contribution in [-0.2, 0) is 4.74 Å². The van der Waals surface area contributed by atoms with Gasteiger partial charge in [0.25, 0.3) is 11.5 Å². The zero-order valence-corrected chi connectivity index (χ0v) is 14.1. The van der Waals surface area contributed by atoms with E-state index in [0.29, 0.717) is 11.4 Å². The van der Waals surface area contributed by atoms with Crippen molar-refractivity contribution in [3.05, 3.63) is 62.6 Å². The van der Waals surface area contributed by atoms with E-state index in [0.717, 1.165) is 11.1 Å². The lowest BCUT2D eigenvalue weighted by Gasteiger charge is -2.11. The molecular weight excluding hydrogens is 308 g/mol. The summed E-state index contributed by atoms with van der Waals surface area (Å²) in [6.07, 6.45) is 0. The molecule has 0 radical (unpaired) electrons. The number of ether oxygens (including phenoxy) is 1. The Morgan fingerprint density at radius 3 is 2.46 bits per heavy atom. The lowest BCUT2D eigenvalue weighted by Crippen LogP contribution is -2.24. The van der Waals surface area contributed by atoms with Crippen molar-refractivity contribution >= 4 is 17.6 Å². The predicted octanol–water partition coefficient (Wildman–Crippen LogP) is 2.73. The third-order valence-electron chi connectivity index (χ3n) is 3.61. The molecule has 24 heavy (non-hydrogen) atoms. The third-order valence-corrected chi connectivity index (χ3v) is 3.61. The highest BCUT2D eigenvalue weighted by Crippen LogP contribution is 2.18. The molecule has 1 aromatic carbocycles. The number of anilines is 1.